The minimum absolute atomic E-state index is 0.508. The van der Waals surface area contributed by atoms with Crippen molar-refractivity contribution >= 4 is 17.0 Å². The number of piperidine rings is 1. The van der Waals surface area contributed by atoms with Crippen LogP contribution in [0.25, 0.3) is 11.0 Å². The maximum atomic E-state index is 4.56. The van der Waals surface area contributed by atoms with E-state index < -0.39 is 0 Å². The first-order chi connectivity index (χ1) is 9.35. The van der Waals surface area contributed by atoms with Crippen LogP contribution < -0.4 is 10.2 Å². The summed E-state index contributed by atoms with van der Waals surface area (Å²) in [5, 5.41) is 4.43. The summed E-state index contributed by atoms with van der Waals surface area (Å²) in [7, 11) is 0. The second-order valence-electron chi connectivity index (χ2n) is 5.69. The zero-order valence-electron chi connectivity index (χ0n) is 10.8. The van der Waals surface area contributed by atoms with Crippen molar-refractivity contribution in [1.29, 1.82) is 0 Å². The van der Waals surface area contributed by atoms with E-state index in [1.807, 2.05) is 18.3 Å². The Kier molecular flexibility index (Phi) is 2.41. The van der Waals surface area contributed by atoms with E-state index in [9.17, 15) is 0 Å². The molecular weight excluding hydrogens is 238 g/mol. The fourth-order valence-electron chi connectivity index (χ4n) is 3.19. The molecule has 0 aliphatic carbocycles. The van der Waals surface area contributed by atoms with Gasteiger partial charge in [0.25, 0.3) is 0 Å². The van der Waals surface area contributed by atoms with Crippen LogP contribution in [-0.2, 0) is 0 Å². The predicted molar refractivity (Wildman–Crippen MR) is 74.1 cm³/mol. The smallest absolute Gasteiger partial charge is 0.227 e. The highest BCUT2D eigenvalue weighted by Crippen LogP contribution is 2.40. The lowest BCUT2D eigenvalue weighted by molar-refractivity contribution is 0.148. The van der Waals surface area contributed by atoms with Crippen LogP contribution >= 0.6 is 0 Å². The summed E-state index contributed by atoms with van der Waals surface area (Å²) in [6.45, 7) is 4.47. The molecule has 4 heterocycles. The summed E-state index contributed by atoms with van der Waals surface area (Å²) in [5.41, 5.74) is 1.30. The van der Waals surface area contributed by atoms with E-state index in [1.165, 1.54) is 12.8 Å². The number of nitrogens with one attached hydrogen (secondary N) is 1. The van der Waals surface area contributed by atoms with Gasteiger partial charge in [-0.3, -0.25) is 0 Å². The van der Waals surface area contributed by atoms with Gasteiger partial charge in [-0.2, -0.15) is 4.98 Å². The third-order valence-corrected chi connectivity index (χ3v) is 4.34. The molecule has 2 saturated heterocycles. The SMILES string of the molecule is c1cnc2nc(N3CC4(CCNCC4)C3)ncc2c1. The van der Waals surface area contributed by atoms with Gasteiger partial charge in [-0.25, -0.2) is 9.97 Å². The molecule has 0 bridgehead atoms. The second-order valence-corrected chi connectivity index (χ2v) is 5.69. The molecule has 1 spiro atoms. The zero-order chi connectivity index (χ0) is 12.7. The van der Waals surface area contributed by atoms with Crippen molar-refractivity contribution in [2.45, 2.75) is 12.8 Å². The molecule has 2 aliphatic heterocycles. The van der Waals surface area contributed by atoms with Crippen molar-refractivity contribution in [2.24, 2.45) is 5.41 Å². The molecule has 0 amide bonds. The molecule has 19 heavy (non-hydrogen) atoms. The van der Waals surface area contributed by atoms with Gasteiger partial charge in [0.15, 0.2) is 5.65 Å². The molecule has 2 aromatic rings. The molecule has 2 fully saturated rings. The van der Waals surface area contributed by atoms with E-state index in [-0.39, 0.29) is 0 Å². The summed E-state index contributed by atoms with van der Waals surface area (Å²) in [5.74, 6) is 0.829. The largest absolute Gasteiger partial charge is 0.340 e. The van der Waals surface area contributed by atoms with Crippen LogP contribution in [0.3, 0.4) is 0 Å². The van der Waals surface area contributed by atoms with Crippen LogP contribution in [-0.4, -0.2) is 41.1 Å². The molecule has 0 radical (unpaired) electrons. The summed E-state index contributed by atoms with van der Waals surface area (Å²) >= 11 is 0. The lowest BCUT2D eigenvalue weighted by Crippen LogP contribution is -2.60. The van der Waals surface area contributed by atoms with Gasteiger partial charge in [-0.15, -0.1) is 0 Å². The number of pyridine rings is 1. The molecule has 0 atom stereocenters. The molecule has 2 aliphatic rings. The quantitative estimate of drug-likeness (QED) is 0.830. The number of fused-ring (bicyclic) bond motifs is 1. The lowest BCUT2D eigenvalue weighted by atomic mass is 9.72. The van der Waals surface area contributed by atoms with Crippen molar-refractivity contribution in [2.75, 3.05) is 31.1 Å². The molecule has 1 N–H and O–H groups in total. The Labute approximate surface area is 112 Å². The Balaban J connectivity index is 1.56. The third-order valence-electron chi connectivity index (χ3n) is 4.34. The summed E-state index contributed by atoms with van der Waals surface area (Å²) < 4.78 is 0. The van der Waals surface area contributed by atoms with Crippen LogP contribution in [0.2, 0.25) is 0 Å². The van der Waals surface area contributed by atoms with E-state index in [0.717, 1.165) is 43.2 Å². The van der Waals surface area contributed by atoms with Crippen LogP contribution in [0.15, 0.2) is 24.5 Å². The van der Waals surface area contributed by atoms with Crippen molar-refractivity contribution in [3.8, 4) is 0 Å². The Morgan fingerprint density at radius 2 is 2.00 bits per heavy atom. The van der Waals surface area contributed by atoms with Gasteiger partial charge in [0.2, 0.25) is 5.95 Å². The van der Waals surface area contributed by atoms with Gasteiger partial charge >= 0.3 is 0 Å². The topological polar surface area (TPSA) is 53.9 Å². The van der Waals surface area contributed by atoms with Crippen LogP contribution in [0.5, 0.6) is 0 Å². The normalized spacial score (nSPS) is 21.6. The van der Waals surface area contributed by atoms with E-state index in [4.69, 9.17) is 0 Å². The van der Waals surface area contributed by atoms with Gasteiger partial charge < -0.3 is 10.2 Å². The van der Waals surface area contributed by atoms with Gasteiger partial charge in [0, 0.05) is 36.3 Å². The Morgan fingerprint density at radius 1 is 1.16 bits per heavy atom. The predicted octanol–water partition coefficient (Wildman–Crippen LogP) is 1.21. The van der Waals surface area contributed by atoms with E-state index in [1.54, 1.807) is 6.20 Å². The van der Waals surface area contributed by atoms with E-state index in [2.05, 4.69) is 25.2 Å². The Morgan fingerprint density at radius 3 is 2.84 bits per heavy atom. The molecule has 98 valence electrons. The number of hydrogen-bond donors (Lipinski definition) is 1. The first-order valence-electron chi connectivity index (χ1n) is 6.88. The standard InChI is InChI=1S/C14H17N5/c1-2-11-8-17-13(18-12(11)16-5-1)19-9-14(10-19)3-6-15-7-4-14/h1-2,5,8,15H,3-4,6-7,9-10H2. The minimum Gasteiger partial charge on any atom is -0.340 e. The van der Waals surface area contributed by atoms with Gasteiger partial charge in [0.05, 0.1) is 0 Å². The second kappa shape index (κ2) is 4.13. The lowest BCUT2D eigenvalue weighted by Gasteiger charge is -2.52. The number of aromatic nitrogens is 3. The van der Waals surface area contributed by atoms with E-state index >= 15 is 0 Å². The number of hydrogen-bond acceptors (Lipinski definition) is 5. The molecule has 5 heteroatoms. The molecule has 0 unspecified atom stereocenters. The molecule has 0 aromatic carbocycles. The fraction of sp³-hybridized carbons (Fsp3) is 0.500. The minimum atomic E-state index is 0.508. The summed E-state index contributed by atoms with van der Waals surface area (Å²) in [6, 6.07) is 3.91. The van der Waals surface area contributed by atoms with Gasteiger partial charge in [-0.1, -0.05) is 0 Å². The summed E-state index contributed by atoms with van der Waals surface area (Å²) in [4.78, 5) is 15.6. The zero-order valence-corrected chi connectivity index (χ0v) is 10.8. The third kappa shape index (κ3) is 1.85. The van der Waals surface area contributed by atoms with Gasteiger partial charge in [0.1, 0.15) is 0 Å². The number of rotatable bonds is 1. The monoisotopic (exact) mass is 255 g/mol. The number of anilines is 1. The highest BCUT2D eigenvalue weighted by molar-refractivity contribution is 5.74. The first kappa shape index (κ1) is 11.1. The Hall–Kier alpha value is -1.75. The van der Waals surface area contributed by atoms with Crippen molar-refractivity contribution in [3.05, 3.63) is 24.5 Å². The highest BCUT2D eigenvalue weighted by Gasteiger charge is 2.44. The molecule has 4 rings (SSSR count). The Bertz CT molecular complexity index is 598. The number of nitrogens with zero attached hydrogens (tertiary/aromatic N) is 4. The molecule has 2 aromatic heterocycles. The van der Waals surface area contributed by atoms with Gasteiger partial charge in [-0.05, 0) is 38.1 Å². The maximum absolute atomic E-state index is 4.56. The van der Waals surface area contributed by atoms with Crippen LogP contribution in [0.4, 0.5) is 5.95 Å². The molecule has 5 nitrogen and oxygen atoms in total. The first-order valence-corrected chi connectivity index (χ1v) is 6.88. The highest BCUT2D eigenvalue weighted by atomic mass is 15.3. The van der Waals surface area contributed by atoms with Crippen LogP contribution in [0.1, 0.15) is 12.8 Å². The average molecular weight is 255 g/mol. The van der Waals surface area contributed by atoms with Crippen molar-refractivity contribution in [1.82, 2.24) is 20.3 Å². The molecular formula is C14H17N5. The average Bonchev–Trinajstić information content (AvgIpc) is 2.45. The maximum Gasteiger partial charge on any atom is 0.227 e. The van der Waals surface area contributed by atoms with Crippen molar-refractivity contribution in [3.63, 3.8) is 0 Å². The molecule has 0 saturated carbocycles. The van der Waals surface area contributed by atoms with Crippen LogP contribution in [0, 0.1) is 5.41 Å². The van der Waals surface area contributed by atoms with Crippen molar-refractivity contribution < 1.29 is 0 Å². The summed E-state index contributed by atoms with van der Waals surface area (Å²) in [6.07, 6.45) is 6.20. The van der Waals surface area contributed by atoms with E-state index in [0.29, 0.717) is 5.41 Å². The fourth-order valence-corrected chi connectivity index (χ4v) is 3.19.